The maximum Gasteiger partial charge on any atom is 0.272 e. The SMILES string of the molecule is Cc1cnn(C2CCCNC2)c1C(=O)N1C[C@H](O)C[C@@H]1CN. The zero-order valence-electron chi connectivity index (χ0n) is 13.0. The highest BCUT2D eigenvalue weighted by Crippen LogP contribution is 2.25. The predicted molar refractivity (Wildman–Crippen MR) is 82.6 cm³/mol. The van der Waals surface area contributed by atoms with Crippen molar-refractivity contribution in [3.05, 3.63) is 17.5 Å². The topological polar surface area (TPSA) is 96.4 Å². The van der Waals surface area contributed by atoms with Gasteiger partial charge in [-0.25, -0.2) is 0 Å². The van der Waals surface area contributed by atoms with Crippen molar-refractivity contribution < 1.29 is 9.90 Å². The zero-order valence-corrected chi connectivity index (χ0v) is 13.0. The summed E-state index contributed by atoms with van der Waals surface area (Å²) < 4.78 is 1.86. The maximum atomic E-state index is 13.0. The first-order valence-corrected chi connectivity index (χ1v) is 8.05. The van der Waals surface area contributed by atoms with Gasteiger partial charge in [0.15, 0.2) is 0 Å². The molecule has 1 unspecified atom stereocenters. The van der Waals surface area contributed by atoms with Crippen molar-refractivity contribution >= 4 is 5.91 Å². The summed E-state index contributed by atoms with van der Waals surface area (Å²) in [6.45, 7) is 4.50. The number of hydrogen-bond donors (Lipinski definition) is 3. The molecule has 2 saturated heterocycles. The van der Waals surface area contributed by atoms with Crippen LogP contribution in [0.15, 0.2) is 6.20 Å². The molecule has 2 aliphatic heterocycles. The van der Waals surface area contributed by atoms with Crippen molar-refractivity contribution in [3.63, 3.8) is 0 Å². The number of piperidine rings is 1. The summed E-state index contributed by atoms with van der Waals surface area (Å²) in [5.74, 6) is -0.0624. The minimum Gasteiger partial charge on any atom is -0.391 e. The number of carbonyl (C=O) groups excluding carboxylic acids is 1. The Hall–Kier alpha value is -1.44. The molecule has 122 valence electrons. The van der Waals surface area contributed by atoms with Crippen LogP contribution in [0.25, 0.3) is 0 Å². The number of likely N-dealkylation sites (tertiary alicyclic amines) is 1. The zero-order chi connectivity index (χ0) is 15.7. The number of nitrogens with two attached hydrogens (primary N) is 1. The number of aliphatic hydroxyl groups excluding tert-OH is 1. The first kappa shape index (κ1) is 15.5. The molecule has 7 heteroatoms. The summed E-state index contributed by atoms with van der Waals surface area (Å²) in [6.07, 6.45) is 3.94. The van der Waals surface area contributed by atoms with Crippen molar-refractivity contribution in [3.8, 4) is 0 Å². The van der Waals surface area contributed by atoms with Crippen LogP contribution in [0, 0.1) is 6.92 Å². The van der Waals surface area contributed by atoms with Crippen LogP contribution in [-0.4, -0.2) is 64.0 Å². The summed E-state index contributed by atoms with van der Waals surface area (Å²) in [4.78, 5) is 14.7. The second kappa shape index (κ2) is 6.36. The Balaban J connectivity index is 1.87. The second-order valence-electron chi connectivity index (χ2n) is 6.36. The lowest BCUT2D eigenvalue weighted by atomic mass is 10.1. The third-order valence-electron chi connectivity index (χ3n) is 4.72. The van der Waals surface area contributed by atoms with Crippen molar-refractivity contribution in [1.29, 1.82) is 0 Å². The van der Waals surface area contributed by atoms with Crippen LogP contribution in [0.4, 0.5) is 0 Å². The van der Waals surface area contributed by atoms with Gasteiger partial charge in [0.2, 0.25) is 0 Å². The number of carbonyl (C=O) groups is 1. The molecule has 7 nitrogen and oxygen atoms in total. The van der Waals surface area contributed by atoms with E-state index in [2.05, 4.69) is 10.4 Å². The quantitative estimate of drug-likeness (QED) is 0.709. The van der Waals surface area contributed by atoms with Gasteiger partial charge in [0.05, 0.1) is 18.3 Å². The lowest BCUT2D eigenvalue weighted by molar-refractivity contribution is 0.0703. The minimum absolute atomic E-state index is 0.0624. The van der Waals surface area contributed by atoms with E-state index in [1.807, 2.05) is 11.6 Å². The lowest BCUT2D eigenvalue weighted by Crippen LogP contribution is -2.42. The molecule has 2 fully saturated rings. The van der Waals surface area contributed by atoms with Gasteiger partial charge in [-0.1, -0.05) is 0 Å². The Morgan fingerprint density at radius 2 is 2.41 bits per heavy atom. The van der Waals surface area contributed by atoms with Crippen molar-refractivity contribution in [2.45, 2.75) is 44.4 Å². The number of rotatable bonds is 3. The second-order valence-corrected chi connectivity index (χ2v) is 6.36. The lowest BCUT2D eigenvalue weighted by Gasteiger charge is -2.28. The van der Waals surface area contributed by atoms with E-state index in [0.717, 1.165) is 31.5 Å². The molecule has 4 N–H and O–H groups in total. The Morgan fingerprint density at radius 1 is 1.59 bits per heavy atom. The van der Waals surface area contributed by atoms with Gasteiger partial charge >= 0.3 is 0 Å². The Morgan fingerprint density at radius 3 is 3.09 bits per heavy atom. The molecular formula is C15H25N5O2. The van der Waals surface area contributed by atoms with Gasteiger partial charge in [-0.15, -0.1) is 0 Å². The monoisotopic (exact) mass is 307 g/mol. The molecule has 2 aliphatic rings. The fraction of sp³-hybridized carbons (Fsp3) is 0.733. The molecule has 0 saturated carbocycles. The van der Waals surface area contributed by atoms with Crippen molar-refractivity contribution in [1.82, 2.24) is 20.0 Å². The van der Waals surface area contributed by atoms with Gasteiger partial charge in [0, 0.05) is 31.2 Å². The normalized spacial score (nSPS) is 29.0. The highest BCUT2D eigenvalue weighted by atomic mass is 16.3. The van der Waals surface area contributed by atoms with E-state index in [-0.39, 0.29) is 18.0 Å². The molecule has 3 rings (SSSR count). The fourth-order valence-electron chi connectivity index (χ4n) is 3.53. The van der Waals surface area contributed by atoms with E-state index in [1.165, 1.54) is 0 Å². The molecule has 0 aromatic carbocycles. The molecule has 1 aromatic rings. The minimum atomic E-state index is -0.481. The molecular weight excluding hydrogens is 282 g/mol. The van der Waals surface area contributed by atoms with Gasteiger partial charge in [-0.3, -0.25) is 9.48 Å². The third kappa shape index (κ3) is 2.76. The average molecular weight is 307 g/mol. The van der Waals surface area contributed by atoms with Crippen LogP contribution in [0.2, 0.25) is 0 Å². The van der Waals surface area contributed by atoms with Crippen molar-refractivity contribution in [2.24, 2.45) is 5.73 Å². The van der Waals surface area contributed by atoms with Gasteiger partial charge in [0.1, 0.15) is 5.69 Å². The van der Waals surface area contributed by atoms with Gasteiger partial charge in [-0.05, 0) is 32.7 Å². The van der Waals surface area contributed by atoms with Crippen LogP contribution in [-0.2, 0) is 0 Å². The summed E-state index contributed by atoms with van der Waals surface area (Å²) >= 11 is 0. The largest absolute Gasteiger partial charge is 0.391 e. The number of hydrogen-bond acceptors (Lipinski definition) is 5. The number of aromatic nitrogens is 2. The highest BCUT2D eigenvalue weighted by molar-refractivity contribution is 5.94. The van der Waals surface area contributed by atoms with E-state index in [1.54, 1.807) is 11.1 Å². The first-order valence-electron chi connectivity index (χ1n) is 8.05. The summed E-state index contributed by atoms with van der Waals surface area (Å²) in [6, 6.07) is 0.125. The molecule has 0 spiro atoms. The standard InChI is InChI=1S/C15H25N5O2/c1-10-7-18-20(11-3-2-4-17-8-11)14(10)15(22)19-9-13(21)5-12(19)6-16/h7,11-13,17,21H,2-6,8-9,16H2,1H3/t11?,12-,13-/m1/s1. The Kier molecular flexibility index (Phi) is 4.46. The molecule has 0 aliphatic carbocycles. The summed E-state index contributed by atoms with van der Waals surface area (Å²) in [7, 11) is 0. The molecule has 0 bridgehead atoms. The molecule has 1 amide bonds. The Labute approximate surface area is 130 Å². The number of β-amino-alcohol motifs (C(OH)–C–C–N with tert-alkyl or cyclic N) is 1. The summed E-state index contributed by atoms with van der Waals surface area (Å²) in [5.41, 5.74) is 7.28. The molecule has 1 aromatic heterocycles. The average Bonchev–Trinajstić information content (AvgIpc) is 3.10. The van der Waals surface area contributed by atoms with E-state index >= 15 is 0 Å². The van der Waals surface area contributed by atoms with Crippen LogP contribution < -0.4 is 11.1 Å². The van der Waals surface area contributed by atoms with Crippen LogP contribution in [0.1, 0.15) is 41.4 Å². The fourth-order valence-corrected chi connectivity index (χ4v) is 3.53. The van der Waals surface area contributed by atoms with Crippen molar-refractivity contribution in [2.75, 3.05) is 26.2 Å². The van der Waals surface area contributed by atoms with Gasteiger partial charge in [0.25, 0.3) is 5.91 Å². The van der Waals surface area contributed by atoms with Crippen LogP contribution in [0.3, 0.4) is 0 Å². The molecule has 22 heavy (non-hydrogen) atoms. The molecule has 3 atom stereocenters. The first-order chi connectivity index (χ1) is 10.6. The predicted octanol–water partition coefficient (Wildman–Crippen LogP) is -0.350. The van der Waals surface area contributed by atoms with E-state index in [9.17, 15) is 9.90 Å². The highest BCUT2D eigenvalue weighted by Gasteiger charge is 2.36. The number of nitrogens with zero attached hydrogens (tertiary/aromatic N) is 3. The van der Waals surface area contributed by atoms with Gasteiger partial charge < -0.3 is 21.1 Å². The number of nitrogens with one attached hydrogen (secondary N) is 1. The smallest absolute Gasteiger partial charge is 0.272 e. The summed E-state index contributed by atoms with van der Waals surface area (Å²) in [5, 5.41) is 17.6. The number of amides is 1. The van der Waals surface area contributed by atoms with Gasteiger partial charge in [-0.2, -0.15) is 5.10 Å². The Bertz CT molecular complexity index is 538. The third-order valence-corrected chi connectivity index (χ3v) is 4.72. The molecule has 3 heterocycles. The van der Waals surface area contributed by atoms with E-state index < -0.39 is 6.10 Å². The maximum absolute atomic E-state index is 13.0. The van der Waals surface area contributed by atoms with Crippen LogP contribution in [0.5, 0.6) is 0 Å². The molecule has 0 radical (unpaired) electrons. The van der Waals surface area contributed by atoms with E-state index in [0.29, 0.717) is 25.2 Å². The van der Waals surface area contributed by atoms with Crippen LogP contribution >= 0.6 is 0 Å². The number of aryl methyl sites for hydroxylation is 1. The number of aliphatic hydroxyl groups is 1. The van der Waals surface area contributed by atoms with E-state index in [4.69, 9.17) is 5.73 Å².